The van der Waals surface area contributed by atoms with Crippen molar-refractivity contribution in [2.45, 2.75) is 32.1 Å². The lowest BCUT2D eigenvalue weighted by Gasteiger charge is -2.17. The second-order valence-corrected chi connectivity index (χ2v) is 7.71. The number of hydrogen-bond donors (Lipinski definition) is 1. The molecular weight excluding hydrogens is 374 g/mol. The summed E-state index contributed by atoms with van der Waals surface area (Å²) in [7, 11) is 1.62. The molecule has 8 nitrogen and oxygen atoms in total. The maximum atomic E-state index is 12.4. The van der Waals surface area contributed by atoms with Crippen molar-refractivity contribution in [2.24, 2.45) is 5.92 Å². The number of amides is 2. The number of methoxy groups -OCH3 is 1. The number of carbonyl (C=O) groups excluding carboxylic acids is 2. The zero-order valence-corrected chi connectivity index (χ0v) is 16.6. The summed E-state index contributed by atoms with van der Waals surface area (Å²) in [5, 5.41) is 6.38. The van der Waals surface area contributed by atoms with Crippen LogP contribution in [0.5, 0.6) is 11.5 Å². The highest BCUT2D eigenvalue weighted by Crippen LogP contribution is 2.36. The topological polar surface area (TPSA) is 93.9 Å². The van der Waals surface area contributed by atoms with Gasteiger partial charge in [0, 0.05) is 24.9 Å². The van der Waals surface area contributed by atoms with E-state index >= 15 is 0 Å². The summed E-state index contributed by atoms with van der Waals surface area (Å²) in [6.07, 6.45) is 2.79. The van der Waals surface area contributed by atoms with Crippen molar-refractivity contribution >= 4 is 17.6 Å². The highest BCUT2D eigenvalue weighted by Gasteiger charge is 2.32. The Bertz CT molecular complexity index is 905. The third kappa shape index (κ3) is 4.70. The second-order valence-electron chi connectivity index (χ2n) is 7.71. The Labute approximate surface area is 169 Å². The fourth-order valence-corrected chi connectivity index (χ4v) is 3.48. The SMILES string of the molecule is COc1ccc([C@@H]2CC(=O)N(CC(=O)Nc3cc(C)on3)C2)cc1OCC1CC1. The molecule has 1 aliphatic heterocycles. The molecule has 1 saturated carbocycles. The van der Waals surface area contributed by atoms with Crippen molar-refractivity contribution in [1.29, 1.82) is 0 Å². The van der Waals surface area contributed by atoms with E-state index in [2.05, 4.69) is 10.5 Å². The van der Waals surface area contributed by atoms with E-state index in [-0.39, 0.29) is 24.3 Å². The monoisotopic (exact) mass is 399 g/mol. The number of benzene rings is 1. The van der Waals surface area contributed by atoms with E-state index in [1.54, 1.807) is 25.0 Å². The number of aryl methyl sites for hydroxylation is 1. The van der Waals surface area contributed by atoms with Crippen LogP contribution >= 0.6 is 0 Å². The molecule has 0 bridgehead atoms. The summed E-state index contributed by atoms with van der Waals surface area (Å²) in [4.78, 5) is 26.2. The van der Waals surface area contributed by atoms with Gasteiger partial charge in [-0.3, -0.25) is 9.59 Å². The molecule has 1 atom stereocenters. The van der Waals surface area contributed by atoms with Gasteiger partial charge in [-0.15, -0.1) is 0 Å². The normalized spacial score (nSPS) is 18.8. The maximum absolute atomic E-state index is 12.4. The molecule has 1 aromatic carbocycles. The first-order chi connectivity index (χ1) is 14.0. The van der Waals surface area contributed by atoms with Crippen LogP contribution in [0, 0.1) is 12.8 Å². The van der Waals surface area contributed by atoms with Crippen molar-refractivity contribution in [1.82, 2.24) is 10.1 Å². The van der Waals surface area contributed by atoms with Crippen molar-refractivity contribution in [3.63, 3.8) is 0 Å². The molecule has 29 heavy (non-hydrogen) atoms. The second kappa shape index (κ2) is 8.14. The van der Waals surface area contributed by atoms with E-state index in [4.69, 9.17) is 14.0 Å². The van der Waals surface area contributed by atoms with Crippen LogP contribution in [0.2, 0.25) is 0 Å². The van der Waals surface area contributed by atoms with Gasteiger partial charge >= 0.3 is 0 Å². The number of nitrogens with one attached hydrogen (secondary N) is 1. The smallest absolute Gasteiger partial charge is 0.245 e. The molecule has 8 heteroatoms. The Hall–Kier alpha value is -3.03. The molecule has 4 rings (SSSR count). The first-order valence-electron chi connectivity index (χ1n) is 9.83. The van der Waals surface area contributed by atoms with Crippen molar-refractivity contribution in [3.05, 3.63) is 35.6 Å². The lowest BCUT2D eigenvalue weighted by molar-refractivity contribution is -0.131. The molecule has 2 aromatic rings. The number of ether oxygens (including phenoxy) is 2. The van der Waals surface area contributed by atoms with Gasteiger partial charge in [-0.1, -0.05) is 11.2 Å². The molecule has 1 aromatic heterocycles. The Kier molecular flexibility index (Phi) is 5.42. The number of aromatic nitrogens is 1. The van der Waals surface area contributed by atoms with E-state index in [0.29, 0.717) is 48.6 Å². The summed E-state index contributed by atoms with van der Waals surface area (Å²) < 4.78 is 16.3. The number of rotatable bonds is 8. The summed E-state index contributed by atoms with van der Waals surface area (Å²) in [5.41, 5.74) is 1.01. The average molecular weight is 399 g/mol. The van der Waals surface area contributed by atoms with Gasteiger partial charge in [0.05, 0.1) is 20.3 Å². The molecule has 2 amide bonds. The van der Waals surface area contributed by atoms with E-state index < -0.39 is 0 Å². The van der Waals surface area contributed by atoms with Gasteiger partial charge in [-0.05, 0) is 43.4 Å². The van der Waals surface area contributed by atoms with Crippen LogP contribution in [-0.4, -0.2) is 48.7 Å². The van der Waals surface area contributed by atoms with Gasteiger partial charge in [-0.25, -0.2) is 0 Å². The lowest BCUT2D eigenvalue weighted by Crippen LogP contribution is -2.34. The van der Waals surface area contributed by atoms with Crippen LogP contribution in [0.4, 0.5) is 5.82 Å². The summed E-state index contributed by atoms with van der Waals surface area (Å²) in [6.45, 7) is 2.91. The van der Waals surface area contributed by atoms with Crippen LogP contribution in [0.1, 0.15) is 36.5 Å². The molecule has 154 valence electrons. The molecule has 0 unspecified atom stereocenters. The van der Waals surface area contributed by atoms with Crippen LogP contribution in [0.3, 0.4) is 0 Å². The molecule has 2 fully saturated rings. The minimum absolute atomic E-state index is 0.0115. The highest BCUT2D eigenvalue weighted by atomic mass is 16.5. The van der Waals surface area contributed by atoms with Gasteiger partial charge in [0.25, 0.3) is 0 Å². The minimum Gasteiger partial charge on any atom is -0.493 e. The third-order valence-corrected chi connectivity index (χ3v) is 5.27. The molecular formula is C21H25N3O5. The van der Waals surface area contributed by atoms with Gasteiger partial charge in [0.15, 0.2) is 17.3 Å². The average Bonchev–Trinajstić information content (AvgIpc) is 3.35. The first kappa shape index (κ1) is 19.3. The number of likely N-dealkylation sites (tertiary alicyclic amines) is 1. The zero-order chi connectivity index (χ0) is 20.4. The third-order valence-electron chi connectivity index (χ3n) is 5.27. The Balaban J connectivity index is 1.38. The predicted molar refractivity (Wildman–Crippen MR) is 105 cm³/mol. The fourth-order valence-electron chi connectivity index (χ4n) is 3.48. The molecule has 2 heterocycles. The molecule has 0 spiro atoms. The van der Waals surface area contributed by atoms with Crippen LogP contribution in [-0.2, 0) is 9.59 Å². The maximum Gasteiger partial charge on any atom is 0.245 e. The highest BCUT2D eigenvalue weighted by molar-refractivity contribution is 5.94. The predicted octanol–water partition coefficient (Wildman–Crippen LogP) is 2.74. The lowest BCUT2D eigenvalue weighted by atomic mass is 9.98. The summed E-state index contributed by atoms with van der Waals surface area (Å²) in [5.74, 6) is 2.67. The quantitative estimate of drug-likeness (QED) is 0.734. The molecule has 0 radical (unpaired) electrons. The molecule has 1 saturated heterocycles. The van der Waals surface area contributed by atoms with Crippen LogP contribution in [0.15, 0.2) is 28.8 Å². The summed E-state index contributed by atoms with van der Waals surface area (Å²) in [6, 6.07) is 7.43. The Morgan fingerprint density at radius 3 is 2.83 bits per heavy atom. The van der Waals surface area contributed by atoms with E-state index in [0.717, 1.165) is 5.56 Å². The summed E-state index contributed by atoms with van der Waals surface area (Å²) >= 11 is 0. The fraction of sp³-hybridized carbons (Fsp3) is 0.476. The van der Waals surface area contributed by atoms with Crippen molar-refractivity contribution in [3.8, 4) is 11.5 Å². The van der Waals surface area contributed by atoms with Gasteiger partial charge in [0.1, 0.15) is 5.76 Å². The van der Waals surface area contributed by atoms with Crippen LogP contribution < -0.4 is 14.8 Å². The van der Waals surface area contributed by atoms with Gasteiger partial charge in [-0.2, -0.15) is 0 Å². The number of anilines is 1. The van der Waals surface area contributed by atoms with Gasteiger partial charge < -0.3 is 24.2 Å². The van der Waals surface area contributed by atoms with E-state index in [1.807, 2.05) is 18.2 Å². The molecule has 1 N–H and O–H groups in total. The number of nitrogens with zero attached hydrogens (tertiary/aromatic N) is 2. The van der Waals surface area contributed by atoms with E-state index in [9.17, 15) is 9.59 Å². The largest absolute Gasteiger partial charge is 0.493 e. The van der Waals surface area contributed by atoms with Crippen molar-refractivity contribution < 1.29 is 23.6 Å². The number of hydrogen-bond acceptors (Lipinski definition) is 6. The number of carbonyl (C=O) groups is 2. The Morgan fingerprint density at radius 2 is 2.14 bits per heavy atom. The first-order valence-corrected chi connectivity index (χ1v) is 9.83. The standard InChI is InChI=1S/C21H25N3O5/c1-13-7-19(23-29-13)22-20(25)11-24-10-16(9-21(24)26)15-5-6-17(27-2)18(8-15)28-12-14-3-4-14/h5-8,14,16H,3-4,9-12H2,1-2H3,(H,22,23,25)/t16-/m1/s1. The van der Waals surface area contributed by atoms with Crippen LogP contribution in [0.25, 0.3) is 0 Å². The zero-order valence-electron chi connectivity index (χ0n) is 16.6. The molecule has 1 aliphatic carbocycles. The van der Waals surface area contributed by atoms with E-state index in [1.165, 1.54) is 12.8 Å². The minimum atomic E-state index is -0.296. The van der Waals surface area contributed by atoms with Gasteiger partial charge in [0.2, 0.25) is 11.8 Å². The van der Waals surface area contributed by atoms with Crippen molar-refractivity contribution in [2.75, 3.05) is 32.1 Å². The molecule has 2 aliphatic rings. The Morgan fingerprint density at radius 1 is 1.31 bits per heavy atom.